The highest BCUT2D eigenvalue weighted by atomic mass is 35.5. The van der Waals surface area contributed by atoms with E-state index in [0.717, 1.165) is 19.3 Å². The molecule has 0 atom stereocenters. The number of nitrogens with zero attached hydrogens (tertiary/aromatic N) is 1. The second-order valence-electron chi connectivity index (χ2n) is 5.53. The van der Waals surface area contributed by atoms with E-state index >= 15 is 0 Å². The minimum absolute atomic E-state index is 0.00676. The number of thiocarbonyl (C=S) groups is 1. The van der Waals surface area contributed by atoms with Crippen molar-refractivity contribution < 1.29 is 9.53 Å². The number of ether oxygens (including phenoxy) is 1. The van der Waals surface area contributed by atoms with Crippen molar-refractivity contribution in [3.05, 3.63) is 29.3 Å². The quantitative estimate of drug-likeness (QED) is 0.672. The molecule has 3 fully saturated rings. The summed E-state index contributed by atoms with van der Waals surface area (Å²) in [5.74, 6) is 0.517. The number of carbonyl (C=O) groups excluding carboxylic acids is 1. The highest BCUT2D eigenvalue weighted by Crippen LogP contribution is 2.62. The first kappa shape index (κ1) is 13.6. The highest BCUT2D eigenvalue weighted by Gasteiger charge is 2.69. The SMILES string of the molecule is O=C(COc1ccc(Cl)cc1)NC12CC(N=C=S)(C1)C2. The van der Waals surface area contributed by atoms with Crippen LogP contribution in [-0.4, -0.2) is 28.8 Å². The van der Waals surface area contributed by atoms with Crippen LogP contribution in [0.1, 0.15) is 19.3 Å². The van der Waals surface area contributed by atoms with E-state index in [9.17, 15) is 4.79 Å². The summed E-state index contributed by atoms with van der Waals surface area (Å²) in [5, 5.41) is 6.08. The third kappa shape index (κ3) is 2.44. The first-order valence-corrected chi connectivity index (χ1v) is 7.12. The van der Waals surface area contributed by atoms with Gasteiger partial charge in [-0.15, -0.1) is 0 Å². The van der Waals surface area contributed by atoms with Crippen LogP contribution in [0.25, 0.3) is 0 Å². The third-order valence-corrected chi connectivity index (χ3v) is 4.22. The molecule has 3 aliphatic rings. The lowest BCUT2D eigenvalue weighted by atomic mass is 9.44. The van der Waals surface area contributed by atoms with Crippen molar-refractivity contribution in [2.75, 3.05) is 6.61 Å². The van der Waals surface area contributed by atoms with Gasteiger partial charge in [0.05, 0.1) is 10.7 Å². The molecule has 6 heteroatoms. The molecule has 3 saturated carbocycles. The number of hydrogen-bond donors (Lipinski definition) is 1. The summed E-state index contributed by atoms with van der Waals surface area (Å²) < 4.78 is 5.40. The lowest BCUT2D eigenvalue weighted by Crippen LogP contribution is -2.78. The van der Waals surface area contributed by atoms with Crippen LogP contribution >= 0.6 is 23.8 Å². The van der Waals surface area contributed by atoms with E-state index in [2.05, 4.69) is 27.7 Å². The molecule has 0 aliphatic heterocycles. The number of amides is 1. The molecule has 2 bridgehead atoms. The molecule has 4 nitrogen and oxygen atoms in total. The normalized spacial score (nSPS) is 29.4. The van der Waals surface area contributed by atoms with Crippen LogP contribution < -0.4 is 10.1 Å². The zero-order valence-corrected chi connectivity index (χ0v) is 12.3. The van der Waals surface area contributed by atoms with Crippen molar-refractivity contribution in [3.8, 4) is 5.75 Å². The summed E-state index contributed by atoms with van der Waals surface area (Å²) in [6.07, 6.45) is 2.57. The Bertz CT molecular complexity index is 576. The molecule has 1 amide bonds. The number of aliphatic imine (C=N–C) groups is 1. The Labute approximate surface area is 127 Å². The molecule has 1 aromatic rings. The van der Waals surface area contributed by atoms with Gasteiger partial charge in [-0.2, -0.15) is 0 Å². The van der Waals surface area contributed by atoms with Gasteiger partial charge in [0.2, 0.25) is 0 Å². The Hall–Kier alpha value is -1.42. The second kappa shape index (κ2) is 4.85. The molecule has 0 unspecified atom stereocenters. The number of halogens is 1. The topological polar surface area (TPSA) is 50.7 Å². The maximum absolute atomic E-state index is 11.8. The number of hydrogen-bond acceptors (Lipinski definition) is 4. The molecular weight excluding hydrogens is 296 g/mol. The molecule has 104 valence electrons. The number of isothiocyanates is 1. The molecule has 1 N–H and O–H groups in total. The van der Waals surface area contributed by atoms with Gasteiger partial charge in [0, 0.05) is 10.6 Å². The molecule has 0 saturated heterocycles. The largest absolute Gasteiger partial charge is 0.484 e. The summed E-state index contributed by atoms with van der Waals surface area (Å²) >= 11 is 10.4. The Balaban J connectivity index is 1.45. The number of rotatable bonds is 5. The van der Waals surface area contributed by atoms with E-state index in [4.69, 9.17) is 16.3 Å². The van der Waals surface area contributed by atoms with Crippen LogP contribution in [0.3, 0.4) is 0 Å². The first-order valence-electron chi connectivity index (χ1n) is 6.33. The fourth-order valence-corrected chi connectivity index (χ4v) is 3.41. The monoisotopic (exact) mass is 308 g/mol. The van der Waals surface area contributed by atoms with Gasteiger partial charge < -0.3 is 10.1 Å². The van der Waals surface area contributed by atoms with E-state index < -0.39 is 0 Å². The molecule has 0 spiro atoms. The number of carbonyl (C=O) groups is 1. The highest BCUT2D eigenvalue weighted by molar-refractivity contribution is 7.78. The van der Waals surface area contributed by atoms with Crippen LogP contribution in [0, 0.1) is 0 Å². The van der Waals surface area contributed by atoms with E-state index in [1.807, 2.05) is 0 Å². The van der Waals surface area contributed by atoms with Gasteiger partial charge in [0.15, 0.2) is 6.61 Å². The van der Waals surface area contributed by atoms with E-state index in [0.29, 0.717) is 10.8 Å². The summed E-state index contributed by atoms with van der Waals surface area (Å²) in [7, 11) is 0. The Kier molecular flexibility index (Phi) is 3.28. The van der Waals surface area contributed by atoms with Gasteiger partial charge in [-0.05, 0) is 55.7 Å². The van der Waals surface area contributed by atoms with Crippen molar-refractivity contribution in [2.24, 2.45) is 4.99 Å². The number of benzene rings is 1. The van der Waals surface area contributed by atoms with Gasteiger partial charge in [-0.25, -0.2) is 4.99 Å². The Morgan fingerprint density at radius 1 is 1.40 bits per heavy atom. The third-order valence-electron chi connectivity index (χ3n) is 3.87. The summed E-state index contributed by atoms with van der Waals surface area (Å²) in [4.78, 5) is 16.0. The fourth-order valence-electron chi connectivity index (χ4n) is 3.09. The van der Waals surface area contributed by atoms with Crippen molar-refractivity contribution in [2.45, 2.75) is 30.3 Å². The molecular formula is C14H13ClN2O2S. The van der Waals surface area contributed by atoms with Crippen molar-refractivity contribution >= 4 is 34.9 Å². The molecule has 0 aromatic heterocycles. The molecule has 1 aromatic carbocycles. The lowest BCUT2D eigenvalue weighted by molar-refractivity contribution is -0.137. The van der Waals surface area contributed by atoms with E-state index in [1.165, 1.54) is 0 Å². The average molecular weight is 309 g/mol. The average Bonchev–Trinajstić information content (AvgIpc) is 2.34. The maximum atomic E-state index is 11.8. The van der Waals surface area contributed by atoms with Crippen molar-refractivity contribution in [1.29, 1.82) is 0 Å². The minimum Gasteiger partial charge on any atom is -0.484 e. The smallest absolute Gasteiger partial charge is 0.258 e. The predicted octanol–water partition coefficient (Wildman–Crippen LogP) is 2.61. The van der Waals surface area contributed by atoms with Crippen LogP contribution in [0.4, 0.5) is 0 Å². The zero-order chi connectivity index (χ0) is 14.2. The Morgan fingerprint density at radius 2 is 2.05 bits per heavy atom. The summed E-state index contributed by atoms with van der Waals surface area (Å²) in [6, 6.07) is 6.92. The number of nitrogens with one attached hydrogen (secondary N) is 1. The van der Waals surface area contributed by atoms with Crippen LogP contribution in [-0.2, 0) is 4.79 Å². The molecule has 4 rings (SSSR count). The predicted molar refractivity (Wildman–Crippen MR) is 79.4 cm³/mol. The minimum atomic E-state index is -0.111. The lowest BCUT2D eigenvalue weighted by Gasteiger charge is -2.67. The fraction of sp³-hybridized carbons (Fsp3) is 0.429. The van der Waals surface area contributed by atoms with Gasteiger partial charge in [-0.1, -0.05) is 11.6 Å². The van der Waals surface area contributed by atoms with Gasteiger partial charge in [0.25, 0.3) is 5.91 Å². The molecule has 0 heterocycles. The Morgan fingerprint density at radius 3 is 2.65 bits per heavy atom. The standard InChI is InChI=1S/C14H13ClN2O2S/c15-10-1-3-11(4-2-10)19-5-12(18)17-14-6-13(7-14,8-14)16-9-20/h1-4H,5-8H2,(H,17,18). The van der Waals surface area contributed by atoms with Gasteiger partial charge >= 0.3 is 0 Å². The summed E-state index contributed by atoms with van der Waals surface area (Å²) in [5.41, 5.74) is -0.123. The summed E-state index contributed by atoms with van der Waals surface area (Å²) in [6.45, 7) is 0.00676. The van der Waals surface area contributed by atoms with Crippen molar-refractivity contribution in [3.63, 3.8) is 0 Å². The molecule has 0 radical (unpaired) electrons. The van der Waals surface area contributed by atoms with Crippen molar-refractivity contribution in [1.82, 2.24) is 5.32 Å². The van der Waals surface area contributed by atoms with E-state index in [1.54, 1.807) is 24.3 Å². The van der Waals surface area contributed by atoms with Crippen LogP contribution in [0.2, 0.25) is 5.02 Å². The first-order chi connectivity index (χ1) is 9.55. The van der Waals surface area contributed by atoms with Crippen LogP contribution in [0.5, 0.6) is 5.75 Å². The zero-order valence-electron chi connectivity index (χ0n) is 10.7. The van der Waals surface area contributed by atoms with Gasteiger partial charge in [0.1, 0.15) is 5.75 Å². The van der Waals surface area contributed by atoms with Gasteiger partial charge in [-0.3, -0.25) is 4.79 Å². The second-order valence-corrected chi connectivity index (χ2v) is 6.15. The molecule has 20 heavy (non-hydrogen) atoms. The molecule has 3 aliphatic carbocycles. The maximum Gasteiger partial charge on any atom is 0.258 e. The van der Waals surface area contributed by atoms with E-state index in [-0.39, 0.29) is 23.6 Å². The van der Waals surface area contributed by atoms with Crippen LogP contribution in [0.15, 0.2) is 29.3 Å².